The highest BCUT2D eigenvalue weighted by Crippen LogP contribution is 2.35. The van der Waals surface area contributed by atoms with E-state index < -0.39 is 22.4 Å². The Kier molecular flexibility index (Phi) is 4.60. The third kappa shape index (κ3) is 3.11. The number of hydrogen-bond acceptors (Lipinski definition) is 4. The predicted molar refractivity (Wildman–Crippen MR) is 96.0 cm³/mol. The summed E-state index contributed by atoms with van der Waals surface area (Å²) in [5.41, 5.74) is -0.574. The Morgan fingerprint density at radius 1 is 1.19 bits per heavy atom. The summed E-state index contributed by atoms with van der Waals surface area (Å²) in [6, 6.07) is 9.83. The Bertz CT molecular complexity index is 934. The van der Waals surface area contributed by atoms with Crippen molar-refractivity contribution in [1.82, 2.24) is 10.2 Å². The van der Waals surface area contributed by atoms with Gasteiger partial charge in [0.1, 0.15) is 5.54 Å². The van der Waals surface area contributed by atoms with Crippen LogP contribution in [0.25, 0.3) is 0 Å². The Balaban J connectivity index is 1.91. The van der Waals surface area contributed by atoms with Crippen LogP contribution >= 0.6 is 23.2 Å². The van der Waals surface area contributed by atoms with Gasteiger partial charge in [-0.15, -0.1) is 0 Å². The van der Waals surface area contributed by atoms with Crippen molar-refractivity contribution in [2.45, 2.75) is 19.0 Å². The van der Waals surface area contributed by atoms with Gasteiger partial charge in [0.2, 0.25) is 0 Å². The fourth-order valence-corrected chi connectivity index (χ4v) is 3.47. The Morgan fingerprint density at radius 2 is 1.92 bits per heavy atom. The van der Waals surface area contributed by atoms with E-state index in [4.69, 9.17) is 23.2 Å². The van der Waals surface area contributed by atoms with Crippen LogP contribution in [0.4, 0.5) is 10.5 Å². The number of rotatable bonds is 4. The van der Waals surface area contributed by atoms with Gasteiger partial charge in [-0.05, 0) is 24.6 Å². The lowest BCUT2D eigenvalue weighted by molar-refractivity contribution is -0.384. The molecule has 0 unspecified atom stereocenters. The quantitative estimate of drug-likeness (QED) is 0.484. The number of halogens is 2. The molecule has 1 aliphatic heterocycles. The maximum Gasteiger partial charge on any atom is 0.325 e. The third-order valence-corrected chi connectivity index (χ3v) is 4.75. The summed E-state index contributed by atoms with van der Waals surface area (Å²) < 4.78 is 0. The van der Waals surface area contributed by atoms with Crippen molar-refractivity contribution in [3.8, 4) is 0 Å². The summed E-state index contributed by atoms with van der Waals surface area (Å²) in [7, 11) is 0. The molecule has 26 heavy (non-hydrogen) atoms. The number of hydrogen-bond donors (Lipinski definition) is 1. The van der Waals surface area contributed by atoms with Crippen LogP contribution in [0.5, 0.6) is 0 Å². The first-order chi connectivity index (χ1) is 12.2. The molecule has 0 bridgehead atoms. The molecule has 1 N–H and O–H groups in total. The highest BCUT2D eigenvalue weighted by Gasteiger charge is 2.49. The number of amides is 3. The SMILES string of the molecule is C[C@]1(c2ccc(Cl)cc2Cl)NC(=O)N(Cc2cccc([N+](=O)[O-])c2)C1=O. The van der Waals surface area contributed by atoms with Crippen LogP contribution in [0.2, 0.25) is 10.0 Å². The maximum atomic E-state index is 12.9. The number of nitro benzene ring substituents is 1. The standard InChI is InChI=1S/C17H13Cl2N3O4/c1-17(13-6-5-11(18)8-14(13)19)15(23)21(16(24)20-17)9-10-3-2-4-12(7-10)22(25)26/h2-8H,9H2,1H3,(H,20,24)/t17-/m1/s1. The van der Waals surface area contributed by atoms with Gasteiger partial charge >= 0.3 is 6.03 Å². The van der Waals surface area contributed by atoms with Gasteiger partial charge in [-0.2, -0.15) is 0 Å². The highest BCUT2D eigenvalue weighted by atomic mass is 35.5. The van der Waals surface area contributed by atoms with Gasteiger partial charge in [-0.25, -0.2) is 4.79 Å². The fourth-order valence-electron chi connectivity index (χ4n) is 2.87. The van der Waals surface area contributed by atoms with Crippen LogP contribution in [0, 0.1) is 10.1 Å². The molecule has 7 nitrogen and oxygen atoms in total. The van der Waals surface area contributed by atoms with E-state index in [9.17, 15) is 19.7 Å². The summed E-state index contributed by atoms with van der Waals surface area (Å²) >= 11 is 12.1. The first kappa shape index (κ1) is 18.2. The second-order valence-electron chi connectivity index (χ2n) is 6.00. The number of carbonyl (C=O) groups excluding carboxylic acids is 2. The van der Waals surface area contributed by atoms with Crippen LogP contribution in [-0.4, -0.2) is 21.8 Å². The lowest BCUT2D eigenvalue weighted by atomic mass is 9.92. The van der Waals surface area contributed by atoms with Gasteiger partial charge in [0, 0.05) is 27.7 Å². The van der Waals surface area contributed by atoms with Gasteiger partial charge in [0.05, 0.1) is 11.5 Å². The topological polar surface area (TPSA) is 92.6 Å². The number of imide groups is 1. The summed E-state index contributed by atoms with van der Waals surface area (Å²) in [6.45, 7) is 1.46. The minimum absolute atomic E-state index is 0.0901. The van der Waals surface area contributed by atoms with E-state index in [0.29, 0.717) is 16.1 Å². The molecule has 0 spiro atoms. The highest BCUT2D eigenvalue weighted by molar-refractivity contribution is 6.35. The summed E-state index contributed by atoms with van der Waals surface area (Å²) in [5, 5.41) is 14.2. The molecule has 0 saturated carbocycles. The Labute approximate surface area is 158 Å². The molecule has 0 aliphatic carbocycles. The van der Waals surface area contributed by atoms with E-state index in [2.05, 4.69) is 5.32 Å². The smallest absolute Gasteiger partial charge is 0.319 e. The van der Waals surface area contributed by atoms with Crippen LogP contribution in [-0.2, 0) is 16.9 Å². The van der Waals surface area contributed by atoms with Crippen LogP contribution in [0.1, 0.15) is 18.1 Å². The van der Waals surface area contributed by atoms with Crippen molar-refractivity contribution in [3.05, 3.63) is 73.8 Å². The lowest BCUT2D eigenvalue weighted by Gasteiger charge is -2.23. The lowest BCUT2D eigenvalue weighted by Crippen LogP contribution is -2.41. The Hall–Kier alpha value is -2.64. The molecular weight excluding hydrogens is 381 g/mol. The van der Waals surface area contributed by atoms with Crippen LogP contribution in [0.3, 0.4) is 0 Å². The summed E-state index contributed by atoms with van der Waals surface area (Å²) in [4.78, 5) is 36.6. The number of nitrogens with zero attached hydrogens (tertiary/aromatic N) is 2. The zero-order valence-corrected chi connectivity index (χ0v) is 15.0. The fraction of sp³-hybridized carbons (Fsp3) is 0.176. The average molecular weight is 394 g/mol. The molecule has 1 aliphatic rings. The molecule has 9 heteroatoms. The van der Waals surface area contributed by atoms with Gasteiger partial charge in [-0.1, -0.05) is 41.4 Å². The van der Waals surface area contributed by atoms with Crippen molar-refractivity contribution in [1.29, 1.82) is 0 Å². The third-order valence-electron chi connectivity index (χ3n) is 4.21. The zero-order chi connectivity index (χ0) is 19.1. The number of carbonyl (C=O) groups is 2. The van der Waals surface area contributed by atoms with Gasteiger partial charge in [-0.3, -0.25) is 19.8 Å². The van der Waals surface area contributed by atoms with Crippen molar-refractivity contribution >= 4 is 40.8 Å². The average Bonchev–Trinajstić information content (AvgIpc) is 2.79. The largest absolute Gasteiger partial charge is 0.325 e. The van der Waals surface area contributed by atoms with E-state index >= 15 is 0 Å². The van der Waals surface area contributed by atoms with E-state index in [0.717, 1.165) is 4.90 Å². The molecule has 1 saturated heterocycles. The monoisotopic (exact) mass is 393 g/mol. The van der Waals surface area contributed by atoms with Crippen molar-refractivity contribution < 1.29 is 14.5 Å². The van der Waals surface area contributed by atoms with Gasteiger partial charge in [0.15, 0.2) is 0 Å². The van der Waals surface area contributed by atoms with Crippen LogP contribution in [0.15, 0.2) is 42.5 Å². The van der Waals surface area contributed by atoms with E-state index in [1.165, 1.54) is 24.3 Å². The molecular formula is C17H13Cl2N3O4. The minimum Gasteiger partial charge on any atom is -0.319 e. The molecule has 134 valence electrons. The number of benzene rings is 2. The number of nitro groups is 1. The second-order valence-corrected chi connectivity index (χ2v) is 6.84. The number of urea groups is 1. The van der Waals surface area contributed by atoms with E-state index in [1.54, 1.807) is 25.1 Å². The Morgan fingerprint density at radius 3 is 2.58 bits per heavy atom. The molecule has 1 heterocycles. The van der Waals surface area contributed by atoms with Crippen molar-refractivity contribution in [2.24, 2.45) is 0 Å². The molecule has 3 rings (SSSR count). The van der Waals surface area contributed by atoms with Gasteiger partial charge < -0.3 is 5.32 Å². The number of nitrogens with one attached hydrogen (secondary N) is 1. The minimum atomic E-state index is -1.35. The van der Waals surface area contributed by atoms with Crippen molar-refractivity contribution in [2.75, 3.05) is 0 Å². The molecule has 0 radical (unpaired) electrons. The van der Waals surface area contributed by atoms with Crippen molar-refractivity contribution in [3.63, 3.8) is 0 Å². The molecule has 3 amide bonds. The predicted octanol–water partition coefficient (Wildman–Crippen LogP) is 3.87. The summed E-state index contributed by atoms with van der Waals surface area (Å²) in [5.74, 6) is -0.502. The van der Waals surface area contributed by atoms with Gasteiger partial charge in [0.25, 0.3) is 11.6 Å². The molecule has 2 aromatic rings. The number of non-ortho nitro benzene ring substituents is 1. The first-order valence-corrected chi connectivity index (χ1v) is 8.31. The second kappa shape index (κ2) is 6.59. The van der Waals surface area contributed by atoms with E-state index in [-0.39, 0.29) is 17.3 Å². The maximum absolute atomic E-state index is 12.9. The zero-order valence-electron chi connectivity index (χ0n) is 13.5. The normalized spacial score (nSPS) is 19.6. The van der Waals surface area contributed by atoms with Crippen LogP contribution < -0.4 is 5.32 Å². The van der Waals surface area contributed by atoms with E-state index in [1.807, 2.05) is 0 Å². The molecule has 1 atom stereocenters. The molecule has 1 fully saturated rings. The molecule has 2 aromatic carbocycles. The molecule has 0 aromatic heterocycles. The summed E-state index contributed by atoms with van der Waals surface area (Å²) in [6.07, 6.45) is 0. The first-order valence-electron chi connectivity index (χ1n) is 7.55.